The molecule has 0 fully saturated rings. The Morgan fingerprint density at radius 3 is 2.05 bits per heavy atom. The number of rotatable bonds is 1. The summed E-state index contributed by atoms with van der Waals surface area (Å²) in [5.41, 5.74) is 15.8. The molecule has 4 unspecified atom stereocenters. The maximum absolute atomic E-state index is 4.22. The Morgan fingerprint density at radius 2 is 1.28 bits per heavy atom. The van der Waals surface area contributed by atoms with Gasteiger partial charge in [0.15, 0.2) is 0 Å². The zero-order chi connectivity index (χ0) is 29.5. The third kappa shape index (κ3) is 2.73. The molecule has 0 bridgehead atoms. The fourth-order valence-electron chi connectivity index (χ4n) is 10.4. The Morgan fingerprint density at radius 1 is 0.651 bits per heavy atom. The van der Waals surface area contributed by atoms with Gasteiger partial charge in [0, 0.05) is 39.4 Å². The molecular weight excluding hydrogens is 520 g/mol. The summed E-state index contributed by atoms with van der Waals surface area (Å²) >= 11 is 0. The second-order valence-corrected chi connectivity index (χ2v) is 14.3. The number of nitrogens with one attached hydrogen (secondary N) is 1. The fourth-order valence-corrected chi connectivity index (χ4v) is 10.4. The second-order valence-electron chi connectivity index (χ2n) is 14.3. The fraction of sp³-hybridized carbons (Fsp3) is 0.268. The molecule has 5 aliphatic rings. The largest absolute Gasteiger partial charge is 0.372 e. The summed E-state index contributed by atoms with van der Waals surface area (Å²) in [6.45, 7) is 14.9. The van der Waals surface area contributed by atoms with E-state index in [4.69, 9.17) is 0 Å². The van der Waals surface area contributed by atoms with Crippen LogP contribution in [0.25, 0.3) is 11.1 Å². The summed E-state index contributed by atoms with van der Waals surface area (Å²) < 4.78 is 0. The van der Waals surface area contributed by atoms with Crippen molar-refractivity contribution in [3.05, 3.63) is 148 Å². The lowest BCUT2D eigenvalue weighted by molar-refractivity contribution is 0.431. The highest BCUT2D eigenvalue weighted by Gasteiger charge is 2.65. The summed E-state index contributed by atoms with van der Waals surface area (Å²) in [6, 6.07) is 38.4. The molecule has 43 heavy (non-hydrogen) atoms. The van der Waals surface area contributed by atoms with Crippen LogP contribution in [0.4, 0.5) is 17.1 Å². The Bertz CT molecular complexity index is 1990. The minimum Gasteiger partial charge on any atom is -0.372 e. The average Bonchev–Trinajstić information content (AvgIpc) is 3.41. The van der Waals surface area contributed by atoms with Gasteiger partial charge >= 0.3 is 0 Å². The van der Waals surface area contributed by atoms with Gasteiger partial charge in [0.25, 0.3) is 0 Å². The van der Waals surface area contributed by atoms with E-state index >= 15 is 0 Å². The third-order valence-corrected chi connectivity index (χ3v) is 11.7. The number of nitrogens with zero attached hydrogens (tertiary/aromatic N) is 1. The van der Waals surface area contributed by atoms with E-state index in [1.165, 1.54) is 61.6 Å². The van der Waals surface area contributed by atoms with Crippen LogP contribution in [0.2, 0.25) is 0 Å². The van der Waals surface area contributed by atoms with Crippen LogP contribution in [0.1, 0.15) is 63.8 Å². The number of benzene rings is 4. The van der Waals surface area contributed by atoms with Crippen molar-refractivity contribution in [1.29, 1.82) is 0 Å². The zero-order valence-corrected chi connectivity index (χ0v) is 25.9. The van der Waals surface area contributed by atoms with E-state index < -0.39 is 0 Å². The molecule has 2 aliphatic heterocycles. The summed E-state index contributed by atoms with van der Waals surface area (Å²) in [6.07, 6.45) is 2.65. The predicted octanol–water partition coefficient (Wildman–Crippen LogP) is 9.83. The molecule has 2 heteroatoms. The van der Waals surface area contributed by atoms with Crippen LogP contribution in [-0.2, 0) is 10.8 Å². The quantitative estimate of drug-likeness (QED) is 0.234. The zero-order valence-electron chi connectivity index (χ0n) is 25.9. The van der Waals surface area contributed by atoms with Gasteiger partial charge in [-0.2, -0.15) is 0 Å². The molecule has 4 aromatic carbocycles. The van der Waals surface area contributed by atoms with Crippen LogP contribution in [0, 0.1) is 5.92 Å². The van der Waals surface area contributed by atoms with Crippen LogP contribution >= 0.6 is 0 Å². The first-order chi connectivity index (χ1) is 20.6. The van der Waals surface area contributed by atoms with Crippen molar-refractivity contribution in [3.63, 3.8) is 0 Å². The number of allylic oxidation sites excluding steroid dienone is 2. The standard InChI is InChI=1S/C41H38N2/c1-25-34-28-19-10-12-20-29(28)38(2,3)36(34)40(5)37-35(25)41(6)31(24-39(37,4)30-21-13-14-22-32(30)42-40)27-18-11-15-23-33(27)43(41)26-16-8-7-9-17-26/h7-25,42H,1-6H3. The van der Waals surface area contributed by atoms with Crippen molar-refractivity contribution in [2.24, 2.45) is 5.92 Å². The van der Waals surface area contributed by atoms with Crippen LogP contribution in [-0.4, -0.2) is 11.1 Å². The molecule has 4 atom stereocenters. The molecule has 0 spiro atoms. The van der Waals surface area contributed by atoms with Crippen molar-refractivity contribution < 1.29 is 0 Å². The van der Waals surface area contributed by atoms with Gasteiger partial charge in [-0.25, -0.2) is 0 Å². The number of hydrogen-bond acceptors (Lipinski definition) is 2. The van der Waals surface area contributed by atoms with Crippen molar-refractivity contribution in [3.8, 4) is 0 Å². The van der Waals surface area contributed by atoms with Crippen molar-refractivity contribution in [1.82, 2.24) is 0 Å². The molecular formula is C41H38N2. The maximum atomic E-state index is 4.22. The molecule has 0 radical (unpaired) electrons. The Hall–Kier alpha value is -4.30. The van der Waals surface area contributed by atoms with Gasteiger partial charge in [-0.15, -0.1) is 0 Å². The summed E-state index contributed by atoms with van der Waals surface area (Å²) in [5, 5.41) is 4.22. The molecule has 0 amide bonds. The lowest BCUT2D eigenvalue weighted by Crippen LogP contribution is -2.60. The van der Waals surface area contributed by atoms with Gasteiger partial charge in [0.05, 0.1) is 11.1 Å². The van der Waals surface area contributed by atoms with Crippen molar-refractivity contribution in [2.45, 2.75) is 63.5 Å². The first-order valence-corrected chi connectivity index (χ1v) is 15.8. The van der Waals surface area contributed by atoms with E-state index in [9.17, 15) is 0 Å². The normalized spacial score (nSPS) is 30.4. The lowest BCUT2D eigenvalue weighted by atomic mass is 9.49. The van der Waals surface area contributed by atoms with Crippen molar-refractivity contribution in [2.75, 3.05) is 10.2 Å². The van der Waals surface area contributed by atoms with E-state index in [-0.39, 0.29) is 27.8 Å². The predicted molar refractivity (Wildman–Crippen MR) is 180 cm³/mol. The highest BCUT2D eigenvalue weighted by molar-refractivity contribution is 6.03. The molecule has 4 aromatic rings. The minimum atomic E-state index is -0.356. The van der Waals surface area contributed by atoms with E-state index in [2.05, 4.69) is 161 Å². The molecule has 2 nitrogen and oxygen atoms in total. The van der Waals surface area contributed by atoms with Crippen LogP contribution in [0.15, 0.2) is 126 Å². The maximum Gasteiger partial charge on any atom is 0.0901 e. The van der Waals surface area contributed by atoms with Gasteiger partial charge in [-0.05, 0) is 89.6 Å². The highest BCUT2D eigenvalue weighted by Crippen LogP contribution is 2.70. The van der Waals surface area contributed by atoms with Crippen molar-refractivity contribution >= 4 is 28.2 Å². The first-order valence-electron chi connectivity index (χ1n) is 15.8. The average molecular weight is 559 g/mol. The van der Waals surface area contributed by atoms with Gasteiger partial charge in [0.2, 0.25) is 0 Å². The topological polar surface area (TPSA) is 15.3 Å². The number of fused-ring (bicyclic) bond motifs is 9. The summed E-state index contributed by atoms with van der Waals surface area (Å²) in [4.78, 5) is 2.64. The summed E-state index contributed by atoms with van der Waals surface area (Å²) in [5.74, 6) is 0.238. The van der Waals surface area contributed by atoms with E-state index in [1.807, 2.05) is 0 Å². The molecule has 212 valence electrons. The SMILES string of the molecule is CC1C2=C(C3(C)Nc4ccccc4C4(C)C=C5c6ccccc6N(c6ccccc6)C5(C)C1=C34)C(C)(C)c1ccccc12. The number of para-hydroxylation sites is 3. The monoisotopic (exact) mass is 558 g/mol. The van der Waals surface area contributed by atoms with Gasteiger partial charge in [0.1, 0.15) is 0 Å². The van der Waals surface area contributed by atoms with Crippen LogP contribution in [0.3, 0.4) is 0 Å². The van der Waals surface area contributed by atoms with Gasteiger partial charge < -0.3 is 10.2 Å². The lowest BCUT2D eigenvalue weighted by Gasteiger charge is -2.60. The molecule has 0 saturated carbocycles. The molecule has 0 saturated heterocycles. The Labute approximate surface area is 255 Å². The molecule has 1 N–H and O–H groups in total. The smallest absolute Gasteiger partial charge is 0.0901 e. The van der Waals surface area contributed by atoms with Crippen LogP contribution < -0.4 is 10.2 Å². The Kier molecular flexibility index (Phi) is 4.57. The van der Waals surface area contributed by atoms with Crippen LogP contribution in [0.5, 0.6) is 0 Å². The first kappa shape index (κ1) is 25.2. The number of hydrogen-bond donors (Lipinski definition) is 1. The van der Waals surface area contributed by atoms with E-state index in [1.54, 1.807) is 5.57 Å². The second kappa shape index (κ2) is 7.80. The molecule has 9 rings (SSSR count). The van der Waals surface area contributed by atoms with Gasteiger partial charge in [-0.1, -0.05) is 106 Å². The van der Waals surface area contributed by atoms with E-state index in [0.717, 1.165) is 0 Å². The molecule has 2 heterocycles. The van der Waals surface area contributed by atoms with Gasteiger partial charge in [-0.3, -0.25) is 0 Å². The van der Waals surface area contributed by atoms with E-state index in [0.29, 0.717) is 0 Å². The molecule has 0 aromatic heterocycles. The summed E-state index contributed by atoms with van der Waals surface area (Å²) in [7, 11) is 0. The number of anilines is 3. The Balaban J connectivity index is 1.44. The minimum absolute atomic E-state index is 0.101. The third-order valence-electron chi connectivity index (χ3n) is 11.7. The molecule has 3 aliphatic carbocycles. The highest BCUT2D eigenvalue weighted by atomic mass is 15.2.